The molecule has 1 fully saturated rings. The van der Waals surface area contributed by atoms with Gasteiger partial charge >= 0.3 is 0 Å². The zero-order valence-corrected chi connectivity index (χ0v) is 9.17. The number of nitrogens with two attached hydrogens (primary N) is 1. The highest BCUT2D eigenvalue weighted by Gasteiger charge is 2.29. The third-order valence-corrected chi connectivity index (χ3v) is 4.13. The van der Waals surface area contributed by atoms with Crippen molar-refractivity contribution < 1.29 is 8.60 Å². The lowest BCUT2D eigenvalue weighted by molar-refractivity contribution is 0.624. The summed E-state index contributed by atoms with van der Waals surface area (Å²) in [5.74, 6) is 0.729. The van der Waals surface area contributed by atoms with Gasteiger partial charge in [0.25, 0.3) is 0 Å². The molecule has 0 bridgehead atoms. The molecule has 15 heavy (non-hydrogen) atoms. The van der Waals surface area contributed by atoms with Crippen LogP contribution in [0.1, 0.15) is 12.8 Å². The van der Waals surface area contributed by atoms with Crippen LogP contribution in [0.3, 0.4) is 0 Å². The molecule has 1 aromatic carbocycles. The minimum absolute atomic E-state index is 0.0240. The average molecular weight is 227 g/mol. The van der Waals surface area contributed by atoms with Crippen LogP contribution in [0.2, 0.25) is 0 Å². The van der Waals surface area contributed by atoms with Crippen LogP contribution in [-0.2, 0) is 10.8 Å². The van der Waals surface area contributed by atoms with Gasteiger partial charge in [-0.15, -0.1) is 0 Å². The number of benzene rings is 1. The lowest BCUT2D eigenvalue weighted by Gasteiger charge is -2.09. The summed E-state index contributed by atoms with van der Waals surface area (Å²) in [7, 11) is -1.09. The highest BCUT2D eigenvalue weighted by Crippen LogP contribution is 2.32. The van der Waals surface area contributed by atoms with Crippen LogP contribution in [0.15, 0.2) is 29.2 Å². The molecule has 2 unspecified atom stereocenters. The molecule has 0 heterocycles. The number of hydrogen-bond donors (Lipinski definition) is 1. The predicted octanol–water partition coefficient (Wildman–Crippen LogP) is 1.67. The van der Waals surface area contributed by atoms with E-state index in [9.17, 15) is 8.60 Å². The van der Waals surface area contributed by atoms with E-state index in [1.807, 2.05) is 0 Å². The molecule has 4 heteroatoms. The van der Waals surface area contributed by atoms with Gasteiger partial charge in [-0.25, -0.2) is 4.39 Å². The Bertz CT molecular complexity index is 361. The molecule has 82 valence electrons. The molecule has 1 aromatic rings. The second kappa shape index (κ2) is 4.41. The fraction of sp³-hybridized carbons (Fsp3) is 0.455. The third kappa shape index (κ3) is 2.86. The van der Waals surface area contributed by atoms with Crippen LogP contribution in [0.4, 0.5) is 4.39 Å². The maximum atomic E-state index is 12.6. The van der Waals surface area contributed by atoms with Gasteiger partial charge in [-0.3, -0.25) is 4.21 Å². The first-order valence-corrected chi connectivity index (χ1v) is 6.38. The molecule has 2 atom stereocenters. The molecule has 2 N–H and O–H groups in total. The van der Waals surface area contributed by atoms with E-state index in [0.717, 1.165) is 12.8 Å². The van der Waals surface area contributed by atoms with E-state index in [4.69, 9.17) is 5.73 Å². The predicted molar refractivity (Wildman–Crippen MR) is 58.4 cm³/mol. The lowest BCUT2D eigenvalue weighted by atomic mass is 10.2. The normalized spacial score (nSPS) is 19.9. The second-order valence-electron chi connectivity index (χ2n) is 3.97. The highest BCUT2D eigenvalue weighted by atomic mass is 32.2. The van der Waals surface area contributed by atoms with Gasteiger partial charge in [0.15, 0.2) is 0 Å². The van der Waals surface area contributed by atoms with Gasteiger partial charge in [-0.2, -0.15) is 0 Å². The molecule has 0 spiro atoms. The molecule has 1 aliphatic carbocycles. The molecular formula is C11H14FNOS. The summed E-state index contributed by atoms with van der Waals surface area (Å²) in [6.07, 6.45) is 2.31. The van der Waals surface area contributed by atoms with Crippen LogP contribution in [0, 0.1) is 11.7 Å². The van der Waals surface area contributed by atoms with Crippen LogP contribution < -0.4 is 5.73 Å². The van der Waals surface area contributed by atoms with Gasteiger partial charge in [0.1, 0.15) is 5.82 Å². The van der Waals surface area contributed by atoms with E-state index in [1.54, 1.807) is 12.1 Å². The first kappa shape index (κ1) is 10.8. The molecule has 1 aliphatic rings. The Morgan fingerprint density at radius 2 is 2.00 bits per heavy atom. The highest BCUT2D eigenvalue weighted by molar-refractivity contribution is 7.85. The summed E-state index contributed by atoms with van der Waals surface area (Å²) in [6.45, 7) is 0. The van der Waals surface area contributed by atoms with E-state index in [2.05, 4.69) is 0 Å². The summed E-state index contributed by atoms with van der Waals surface area (Å²) in [6, 6.07) is 5.80. The molecule has 0 radical (unpaired) electrons. The Morgan fingerprint density at radius 1 is 1.40 bits per heavy atom. The van der Waals surface area contributed by atoms with Crippen molar-refractivity contribution in [3.8, 4) is 0 Å². The molecule has 0 amide bonds. The van der Waals surface area contributed by atoms with E-state index in [-0.39, 0.29) is 11.9 Å². The fourth-order valence-electron chi connectivity index (χ4n) is 1.52. The Morgan fingerprint density at radius 3 is 2.53 bits per heavy atom. The first-order valence-electron chi connectivity index (χ1n) is 5.06. The topological polar surface area (TPSA) is 43.1 Å². The van der Waals surface area contributed by atoms with Crippen LogP contribution in [0.25, 0.3) is 0 Å². The van der Waals surface area contributed by atoms with Crippen molar-refractivity contribution in [3.63, 3.8) is 0 Å². The number of rotatable bonds is 4. The molecule has 0 aromatic heterocycles. The van der Waals surface area contributed by atoms with Gasteiger partial charge in [0.05, 0.1) is 10.8 Å². The Balaban J connectivity index is 1.97. The van der Waals surface area contributed by atoms with Gasteiger partial charge in [0, 0.05) is 16.7 Å². The first-order chi connectivity index (χ1) is 7.16. The maximum absolute atomic E-state index is 12.6. The molecule has 2 rings (SSSR count). The van der Waals surface area contributed by atoms with Crippen molar-refractivity contribution in [2.45, 2.75) is 23.8 Å². The van der Waals surface area contributed by atoms with Crippen LogP contribution >= 0.6 is 0 Å². The quantitative estimate of drug-likeness (QED) is 0.850. The standard InChI is InChI=1S/C11H14FNOS/c12-9-3-5-10(6-4-9)15(14)7-11(13)8-1-2-8/h3-6,8,11H,1-2,7,13H2. The summed E-state index contributed by atoms with van der Waals surface area (Å²) >= 11 is 0. The molecular weight excluding hydrogens is 213 g/mol. The Hall–Kier alpha value is -0.740. The van der Waals surface area contributed by atoms with Crippen molar-refractivity contribution in [1.29, 1.82) is 0 Å². The van der Waals surface area contributed by atoms with Crippen LogP contribution in [0.5, 0.6) is 0 Å². The number of hydrogen-bond acceptors (Lipinski definition) is 2. The largest absolute Gasteiger partial charge is 0.327 e. The Labute approximate surface area is 91.1 Å². The van der Waals surface area contributed by atoms with Crippen molar-refractivity contribution in [1.82, 2.24) is 0 Å². The monoisotopic (exact) mass is 227 g/mol. The smallest absolute Gasteiger partial charge is 0.123 e. The van der Waals surface area contributed by atoms with Gasteiger partial charge < -0.3 is 5.73 Å². The molecule has 1 saturated carbocycles. The summed E-state index contributed by atoms with van der Waals surface area (Å²) in [5, 5.41) is 0. The molecule has 0 aliphatic heterocycles. The Kier molecular flexibility index (Phi) is 3.17. The van der Waals surface area contributed by atoms with E-state index < -0.39 is 10.8 Å². The summed E-state index contributed by atoms with van der Waals surface area (Å²) in [5.41, 5.74) is 5.88. The summed E-state index contributed by atoms with van der Waals surface area (Å²) in [4.78, 5) is 0.660. The van der Waals surface area contributed by atoms with Gasteiger partial charge in [-0.05, 0) is 43.0 Å². The van der Waals surface area contributed by atoms with E-state index in [0.29, 0.717) is 16.6 Å². The minimum atomic E-state index is -1.09. The summed E-state index contributed by atoms with van der Waals surface area (Å²) < 4.78 is 24.4. The number of halogens is 1. The van der Waals surface area contributed by atoms with E-state index in [1.165, 1.54) is 12.1 Å². The second-order valence-corrected chi connectivity index (χ2v) is 5.46. The van der Waals surface area contributed by atoms with E-state index >= 15 is 0 Å². The van der Waals surface area contributed by atoms with Gasteiger partial charge in [0.2, 0.25) is 0 Å². The lowest BCUT2D eigenvalue weighted by Crippen LogP contribution is -2.29. The fourth-order valence-corrected chi connectivity index (χ4v) is 2.77. The zero-order chi connectivity index (χ0) is 10.8. The maximum Gasteiger partial charge on any atom is 0.123 e. The molecule has 0 saturated heterocycles. The zero-order valence-electron chi connectivity index (χ0n) is 8.36. The van der Waals surface area contributed by atoms with Crippen molar-refractivity contribution in [2.75, 3.05) is 5.75 Å². The van der Waals surface area contributed by atoms with Crippen molar-refractivity contribution in [3.05, 3.63) is 30.1 Å². The average Bonchev–Trinajstić information content (AvgIpc) is 3.01. The SMILES string of the molecule is NC(CS(=O)c1ccc(F)cc1)C1CC1. The third-order valence-electron chi connectivity index (χ3n) is 2.65. The van der Waals surface area contributed by atoms with Crippen LogP contribution in [-0.4, -0.2) is 16.0 Å². The van der Waals surface area contributed by atoms with Crippen molar-refractivity contribution in [2.24, 2.45) is 11.7 Å². The van der Waals surface area contributed by atoms with Crippen molar-refractivity contribution >= 4 is 10.8 Å². The molecule has 2 nitrogen and oxygen atoms in total. The minimum Gasteiger partial charge on any atom is -0.327 e. The van der Waals surface area contributed by atoms with Gasteiger partial charge in [-0.1, -0.05) is 0 Å².